The van der Waals surface area contributed by atoms with Crippen LogP contribution in [0.25, 0.3) is 54.2 Å². The number of hydrogen-bond acceptors (Lipinski definition) is 4. The Labute approximate surface area is 272 Å². The summed E-state index contributed by atoms with van der Waals surface area (Å²) in [5.41, 5.74) is 6.41. The highest BCUT2D eigenvalue weighted by Gasteiger charge is 2.17. The van der Waals surface area contributed by atoms with Crippen LogP contribution in [0.1, 0.15) is 11.1 Å². The largest absolute Gasteiger partial charge is 0.497 e. The molecular formula is C43H27N3O. The van der Waals surface area contributed by atoms with E-state index in [0.29, 0.717) is 11.1 Å². The molecule has 8 aromatic rings. The van der Waals surface area contributed by atoms with Crippen LogP contribution in [0.4, 0.5) is 17.1 Å². The highest BCUT2D eigenvalue weighted by atomic mass is 16.5. The summed E-state index contributed by atoms with van der Waals surface area (Å²) in [7, 11) is 1.68. The molecule has 0 saturated heterocycles. The molecule has 0 aliphatic rings. The smallest absolute Gasteiger partial charge is 0.119 e. The monoisotopic (exact) mass is 601 g/mol. The van der Waals surface area contributed by atoms with E-state index in [1.807, 2.05) is 54.6 Å². The van der Waals surface area contributed by atoms with Crippen molar-refractivity contribution >= 4 is 60.2 Å². The Morgan fingerprint density at radius 2 is 1.04 bits per heavy atom. The Bertz CT molecular complexity index is 2590. The van der Waals surface area contributed by atoms with Gasteiger partial charge in [-0.15, -0.1) is 0 Å². The highest BCUT2D eigenvalue weighted by molar-refractivity contribution is 6.10. The number of nitriles is 2. The summed E-state index contributed by atoms with van der Waals surface area (Å²) >= 11 is 0. The maximum absolute atomic E-state index is 10.2. The van der Waals surface area contributed by atoms with Crippen molar-refractivity contribution in [1.82, 2.24) is 0 Å². The van der Waals surface area contributed by atoms with Crippen molar-refractivity contribution in [2.45, 2.75) is 0 Å². The van der Waals surface area contributed by atoms with Gasteiger partial charge in [0.25, 0.3) is 0 Å². The lowest BCUT2D eigenvalue weighted by molar-refractivity contribution is 0.415. The first-order valence-electron chi connectivity index (χ1n) is 15.4. The minimum atomic E-state index is 0.592. The number of anilines is 3. The molecule has 0 aliphatic carbocycles. The molecule has 0 bridgehead atoms. The predicted molar refractivity (Wildman–Crippen MR) is 193 cm³/mol. The molecular weight excluding hydrogens is 574 g/mol. The molecule has 0 N–H and O–H groups in total. The molecule has 0 aliphatic heterocycles. The van der Waals surface area contributed by atoms with Gasteiger partial charge in [-0.1, -0.05) is 91.0 Å². The first-order chi connectivity index (χ1) is 23.2. The van der Waals surface area contributed by atoms with Crippen LogP contribution in [0.2, 0.25) is 0 Å². The maximum Gasteiger partial charge on any atom is 0.119 e. The van der Waals surface area contributed by atoms with Crippen LogP contribution in [0.5, 0.6) is 5.75 Å². The first kappa shape index (κ1) is 27.9. The fraction of sp³-hybridized carbons (Fsp3) is 0.0233. The summed E-state index contributed by atoms with van der Waals surface area (Å²) < 4.78 is 5.45. The lowest BCUT2D eigenvalue weighted by atomic mass is 9.90. The second-order valence-corrected chi connectivity index (χ2v) is 11.6. The van der Waals surface area contributed by atoms with Crippen LogP contribution in [0, 0.1) is 22.7 Å². The molecule has 0 saturated carbocycles. The number of hydrogen-bond donors (Lipinski definition) is 0. The molecule has 0 heterocycles. The van der Waals surface area contributed by atoms with Crippen LogP contribution in [-0.2, 0) is 0 Å². The molecule has 0 radical (unpaired) electrons. The van der Waals surface area contributed by atoms with Crippen molar-refractivity contribution in [3.63, 3.8) is 0 Å². The summed E-state index contributed by atoms with van der Waals surface area (Å²) in [6.45, 7) is 0. The Balaban J connectivity index is 1.25. The van der Waals surface area contributed by atoms with E-state index in [1.54, 1.807) is 7.11 Å². The lowest BCUT2D eigenvalue weighted by Crippen LogP contribution is -2.10. The molecule has 0 amide bonds. The third-order valence-electron chi connectivity index (χ3n) is 9.00. The molecule has 47 heavy (non-hydrogen) atoms. The first-order valence-corrected chi connectivity index (χ1v) is 15.4. The Hall–Kier alpha value is -6.62. The molecule has 220 valence electrons. The van der Waals surface area contributed by atoms with Crippen molar-refractivity contribution in [2.24, 2.45) is 0 Å². The van der Waals surface area contributed by atoms with Gasteiger partial charge in [-0.05, 0) is 81.9 Å². The normalized spacial score (nSPS) is 11.0. The van der Waals surface area contributed by atoms with Crippen LogP contribution in [0.15, 0.2) is 146 Å². The molecule has 4 nitrogen and oxygen atoms in total. The zero-order valence-electron chi connectivity index (χ0n) is 25.6. The summed E-state index contributed by atoms with van der Waals surface area (Å²) in [6, 6.07) is 54.5. The molecule has 4 heteroatoms. The molecule has 0 unspecified atom stereocenters. The quantitative estimate of drug-likeness (QED) is 0.184. The minimum Gasteiger partial charge on any atom is -0.497 e. The van der Waals surface area contributed by atoms with Gasteiger partial charge in [-0.2, -0.15) is 10.5 Å². The van der Waals surface area contributed by atoms with E-state index < -0.39 is 0 Å². The van der Waals surface area contributed by atoms with Crippen molar-refractivity contribution in [3.8, 4) is 29.0 Å². The fourth-order valence-electron chi connectivity index (χ4n) is 6.71. The fourth-order valence-corrected chi connectivity index (χ4v) is 6.71. The molecule has 0 aromatic heterocycles. The molecule has 0 atom stereocenters. The zero-order chi connectivity index (χ0) is 31.9. The number of rotatable bonds is 5. The third-order valence-corrected chi connectivity index (χ3v) is 9.00. The SMILES string of the molecule is COc1ccc(N(c2ccc3cc(-c4ccc5c(C#N)c6ccccc6c(C#N)c5c4)ccc3c2)c2cccc3ccccc23)cc1. The van der Waals surface area contributed by atoms with E-state index in [4.69, 9.17) is 4.74 Å². The van der Waals surface area contributed by atoms with Gasteiger partial charge in [0.05, 0.1) is 23.9 Å². The van der Waals surface area contributed by atoms with Gasteiger partial charge in [-0.3, -0.25) is 0 Å². The maximum atomic E-state index is 10.2. The Morgan fingerprint density at radius 1 is 0.468 bits per heavy atom. The minimum absolute atomic E-state index is 0.592. The zero-order valence-corrected chi connectivity index (χ0v) is 25.6. The standard InChI is InChI=1S/C43H27N3O/c1-47-35-20-18-33(19-21-35)46(43-12-6-8-28-7-2-3-9-36(28)43)34-17-15-30-23-29(13-14-31(30)24-34)32-16-22-39-40(25-32)42(27-45)38-11-5-4-10-37(38)41(39)26-44/h2-25H,1H3. The van der Waals surface area contributed by atoms with E-state index in [0.717, 1.165) is 66.3 Å². The number of benzene rings is 8. The van der Waals surface area contributed by atoms with E-state index in [9.17, 15) is 10.5 Å². The van der Waals surface area contributed by atoms with Gasteiger partial charge in [0, 0.05) is 38.3 Å². The second-order valence-electron chi connectivity index (χ2n) is 11.6. The highest BCUT2D eigenvalue weighted by Crippen LogP contribution is 2.41. The summed E-state index contributed by atoms with van der Waals surface area (Å²) in [5.74, 6) is 0.810. The van der Waals surface area contributed by atoms with Gasteiger partial charge in [0.15, 0.2) is 0 Å². The lowest BCUT2D eigenvalue weighted by Gasteiger charge is -2.27. The second kappa shape index (κ2) is 11.4. The summed E-state index contributed by atoms with van der Waals surface area (Å²) in [4.78, 5) is 2.29. The molecule has 0 fully saturated rings. The summed E-state index contributed by atoms with van der Waals surface area (Å²) in [6.07, 6.45) is 0. The Morgan fingerprint density at radius 3 is 1.79 bits per heavy atom. The summed E-state index contributed by atoms with van der Waals surface area (Å²) in [5, 5.41) is 28.0. The average molecular weight is 602 g/mol. The van der Waals surface area contributed by atoms with Gasteiger partial charge in [0.1, 0.15) is 17.9 Å². The number of ether oxygens (including phenoxy) is 1. The van der Waals surface area contributed by atoms with Crippen LogP contribution in [-0.4, -0.2) is 7.11 Å². The number of fused-ring (bicyclic) bond motifs is 4. The van der Waals surface area contributed by atoms with Crippen molar-refractivity contribution in [3.05, 3.63) is 157 Å². The molecule has 0 spiro atoms. The molecule has 8 rings (SSSR count). The number of nitrogens with zero attached hydrogens (tertiary/aromatic N) is 3. The average Bonchev–Trinajstić information content (AvgIpc) is 3.14. The third kappa shape index (κ3) is 4.68. The predicted octanol–water partition coefficient (Wildman–Crippen LogP) is 11.2. The van der Waals surface area contributed by atoms with Crippen LogP contribution >= 0.6 is 0 Å². The van der Waals surface area contributed by atoms with Crippen molar-refractivity contribution < 1.29 is 4.74 Å². The van der Waals surface area contributed by atoms with E-state index in [1.165, 1.54) is 10.8 Å². The van der Waals surface area contributed by atoms with Crippen molar-refractivity contribution in [1.29, 1.82) is 10.5 Å². The van der Waals surface area contributed by atoms with Gasteiger partial charge in [0.2, 0.25) is 0 Å². The van der Waals surface area contributed by atoms with E-state index in [-0.39, 0.29) is 0 Å². The van der Waals surface area contributed by atoms with Crippen molar-refractivity contribution in [2.75, 3.05) is 12.0 Å². The van der Waals surface area contributed by atoms with Gasteiger partial charge >= 0.3 is 0 Å². The van der Waals surface area contributed by atoms with Gasteiger partial charge < -0.3 is 9.64 Å². The molecule has 8 aromatic carbocycles. The number of methoxy groups -OCH3 is 1. The van der Waals surface area contributed by atoms with E-state index >= 15 is 0 Å². The Kier molecular flexibility index (Phi) is 6.76. The van der Waals surface area contributed by atoms with Crippen LogP contribution < -0.4 is 9.64 Å². The van der Waals surface area contributed by atoms with Crippen LogP contribution in [0.3, 0.4) is 0 Å². The van der Waals surface area contributed by atoms with E-state index in [2.05, 4.69) is 108 Å². The van der Waals surface area contributed by atoms with Gasteiger partial charge in [-0.25, -0.2) is 0 Å². The topological polar surface area (TPSA) is 60.0 Å².